The number of nitro groups is 1. The smallest absolute Gasteiger partial charge is 0.279 e. The van der Waals surface area contributed by atoms with Crippen molar-refractivity contribution in [3.63, 3.8) is 0 Å². The maximum Gasteiger partial charge on any atom is 0.279 e. The maximum absolute atomic E-state index is 11.9. The summed E-state index contributed by atoms with van der Waals surface area (Å²) < 4.78 is 0.886. The number of hydrogen-bond acceptors (Lipinski definition) is 6. The molecule has 0 saturated heterocycles. The largest absolute Gasteiger partial charge is 0.374 e. The Hall–Kier alpha value is -3.29. The zero-order valence-electron chi connectivity index (χ0n) is 18.8. The Kier molecular flexibility index (Phi) is 5.18. The highest BCUT2D eigenvalue weighted by Gasteiger charge is 2.34. The van der Waals surface area contributed by atoms with Crippen LogP contribution in [0.15, 0.2) is 65.7 Å². The lowest BCUT2D eigenvalue weighted by molar-refractivity contribution is -0.384. The van der Waals surface area contributed by atoms with E-state index in [1.807, 2.05) is 37.3 Å². The first kappa shape index (κ1) is 21.6. The van der Waals surface area contributed by atoms with Crippen molar-refractivity contribution >= 4 is 37.7 Å². The van der Waals surface area contributed by atoms with Gasteiger partial charge in [0.2, 0.25) is 0 Å². The van der Waals surface area contributed by atoms with Crippen LogP contribution in [0.3, 0.4) is 0 Å². The van der Waals surface area contributed by atoms with Gasteiger partial charge in [0.25, 0.3) is 5.69 Å². The summed E-state index contributed by atoms with van der Waals surface area (Å²) in [5, 5.41) is 15.6. The molecule has 1 aliphatic heterocycles. The van der Waals surface area contributed by atoms with E-state index in [2.05, 4.69) is 44.3 Å². The van der Waals surface area contributed by atoms with Gasteiger partial charge in [0.05, 0.1) is 26.6 Å². The standard InChI is InChI=1S/C26H23N3O2S2/c1-15-9-8-12-18-21-24(26(3,4)28-22(15)18)32-33-25(21)27-23-16(2)13-14-19(29(30)31)20(23)17-10-6-5-7-11-17/h5-14,28H,1-4H3. The van der Waals surface area contributed by atoms with Crippen molar-refractivity contribution in [2.75, 3.05) is 5.32 Å². The van der Waals surface area contributed by atoms with Crippen LogP contribution in [0.4, 0.5) is 17.1 Å². The van der Waals surface area contributed by atoms with Gasteiger partial charge in [-0.25, -0.2) is 4.99 Å². The van der Waals surface area contributed by atoms with Gasteiger partial charge in [-0.2, -0.15) is 0 Å². The van der Waals surface area contributed by atoms with Crippen molar-refractivity contribution in [3.05, 3.63) is 91.5 Å². The SMILES string of the molecule is Cc1ccc([N+](=O)[O-])c(-c2ccccc2)c1N=c1ssc2c1-c1cccc(C)c1NC2(C)C. The average molecular weight is 474 g/mol. The van der Waals surface area contributed by atoms with Crippen LogP contribution in [-0.2, 0) is 5.54 Å². The van der Waals surface area contributed by atoms with E-state index in [1.54, 1.807) is 32.8 Å². The Bertz CT molecular complexity index is 1470. The molecule has 5 rings (SSSR count). The molecular weight excluding hydrogens is 450 g/mol. The summed E-state index contributed by atoms with van der Waals surface area (Å²) in [5.74, 6) is 0. The third-order valence-corrected chi connectivity index (χ3v) is 8.66. The molecule has 0 fully saturated rings. The van der Waals surface area contributed by atoms with Gasteiger partial charge in [-0.15, -0.1) is 0 Å². The molecule has 3 aromatic carbocycles. The molecule has 0 radical (unpaired) electrons. The zero-order chi connectivity index (χ0) is 23.3. The second-order valence-electron chi connectivity index (χ2n) is 8.78. The summed E-state index contributed by atoms with van der Waals surface area (Å²) in [6.45, 7) is 8.43. The summed E-state index contributed by atoms with van der Waals surface area (Å²) in [7, 11) is 3.34. The number of hydrogen-bond donors (Lipinski definition) is 1. The molecule has 166 valence electrons. The Morgan fingerprint density at radius 3 is 2.39 bits per heavy atom. The quantitative estimate of drug-likeness (QED) is 0.190. The van der Waals surface area contributed by atoms with E-state index < -0.39 is 0 Å². The first-order chi connectivity index (χ1) is 15.8. The highest BCUT2D eigenvalue weighted by molar-refractivity contribution is 7.68. The van der Waals surface area contributed by atoms with Gasteiger partial charge in [-0.1, -0.05) is 75.3 Å². The Morgan fingerprint density at radius 2 is 1.67 bits per heavy atom. The van der Waals surface area contributed by atoms with E-state index in [0.717, 1.165) is 32.6 Å². The summed E-state index contributed by atoms with van der Waals surface area (Å²) >= 11 is 0. The molecule has 0 atom stereocenters. The Labute approximate surface area is 199 Å². The second-order valence-corrected chi connectivity index (χ2v) is 10.9. The normalized spacial score (nSPS) is 14.4. The van der Waals surface area contributed by atoms with Gasteiger partial charge in [0.1, 0.15) is 4.67 Å². The number of nitrogens with zero attached hydrogens (tertiary/aromatic N) is 2. The van der Waals surface area contributed by atoms with E-state index in [0.29, 0.717) is 11.3 Å². The monoisotopic (exact) mass is 473 g/mol. The molecular formula is C26H23N3O2S2. The van der Waals surface area contributed by atoms with Crippen molar-refractivity contribution < 1.29 is 4.92 Å². The molecule has 1 aromatic heterocycles. The molecule has 1 N–H and O–H groups in total. The third kappa shape index (κ3) is 3.57. The molecule has 0 aliphatic carbocycles. The molecule has 0 amide bonds. The maximum atomic E-state index is 11.9. The van der Waals surface area contributed by atoms with Crippen LogP contribution in [0.1, 0.15) is 29.9 Å². The number of fused-ring (bicyclic) bond motifs is 3. The van der Waals surface area contributed by atoms with Gasteiger partial charge in [-0.05, 0) is 44.4 Å². The number of rotatable bonds is 3. The number of benzene rings is 3. The van der Waals surface area contributed by atoms with E-state index in [1.165, 1.54) is 10.4 Å². The molecule has 1 aliphatic rings. The van der Waals surface area contributed by atoms with E-state index in [-0.39, 0.29) is 16.1 Å². The highest BCUT2D eigenvalue weighted by Crippen LogP contribution is 2.47. The van der Waals surface area contributed by atoms with Crippen molar-refractivity contribution in [1.82, 2.24) is 0 Å². The molecule has 2 heterocycles. The lowest BCUT2D eigenvalue weighted by Gasteiger charge is -2.34. The van der Waals surface area contributed by atoms with Crippen LogP contribution in [0, 0.1) is 24.0 Å². The molecule has 0 saturated carbocycles. The highest BCUT2D eigenvalue weighted by atomic mass is 32.9. The Balaban J connectivity index is 1.85. The van der Waals surface area contributed by atoms with Gasteiger partial charge in [-0.3, -0.25) is 10.1 Å². The predicted octanol–water partition coefficient (Wildman–Crippen LogP) is 7.56. The number of nitrogens with one attached hydrogen (secondary N) is 1. The fourth-order valence-electron chi connectivity index (χ4n) is 4.37. The van der Waals surface area contributed by atoms with Gasteiger partial charge >= 0.3 is 0 Å². The number of anilines is 1. The lowest BCUT2D eigenvalue weighted by atomic mass is 9.88. The van der Waals surface area contributed by atoms with Gasteiger partial charge < -0.3 is 5.32 Å². The van der Waals surface area contributed by atoms with Gasteiger partial charge in [0.15, 0.2) is 0 Å². The zero-order valence-corrected chi connectivity index (χ0v) is 20.4. The number of aryl methyl sites for hydroxylation is 2. The molecule has 0 unspecified atom stereocenters. The minimum Gasteiger partial charge on any atom is -0.374 e. The van der Waals surface area contributed by atoms with Crippen molar-refractivity contribution in [2.45, 2.75) is 33.2 Å². The van der Waals surface area contributed by atoms with Crippen LogP contribution in [0.5, 0.6) is 0 Å². The first-order valence-corrected chi connectivity index (χ1v) is 12.8. The van der Waals surface area contributed by atoms with Gasteiger partial charge in [0, 0.05) is 22.9 Å². The van der Waals surface area contributed by atoms with Crippen LogP contribution in [0.2, 0.25) is 0 Å². The van der Waals surface area contributed by atoms with Crippen LogP contribution in [-0.4, -0.2) is 4.92 Å². The Morgan fingerprint density at radius 1 is 0.909 bits per heavy atom. The fourth-order valence-corrected chi connectivity index (χ4v) is 7.30. The lowest BCUT2D eigenvalue weighted by Crippen LogP contribution is -2.32. The minimum absolute atomic E-state index is 0.0675. The molecule has 33 heavy (non-hydrogen) atoms. The molecule has 5 nitrogen and oxygen atoms in total. The van der Waals surface area contributed by atoms with Crippen LogP contribution < -0.4 is 9.99 Å². The van der Waals surface area contributed by atoms with Crippen molar-refractivity contribution in [3.8, 4) is 22.3 Å². The van der Waals surface area contributed by atoms with Crippen molar-refractivity contribution in [1.29, 1.82) is 0 Å². The van der Waals surface area contributed by atoms with Crippen LogP contribution in [0.25, 0.3) is 22.3 Å². The minimum atomic E-state index is -0.320. The molecule has 0 bridgehead atoms. The summed E-state index contributed by atoms with van der Waals surface area (Å²) in [6.07, 6.45) is 0. The molecule has 0 spiro atoms. The molecule has 4 aromatic rings. The average Bonchev–Trinajstić information content (AvgIpc) is 3.21. The van der Waals surface area contributed by atoms with Crippen molar-refractivity contribution in [2.24, 2.45) is 4.99 Å². The first-order valence-electron chi connectivity index (χ1n) is 10.7. The summed E-state index contributed by atoms with van der Waals surface area (Å²) in [5.41, 5.74) is 7.30. The van der Waals surface area contributed by atoms with Crippen LogP contribution >= 0.6 is 20.7 Å². The predicted molar refractivity (Wildman–Crippen MR) is 138 cm³/mol. The molecule has 7 heteroatoms. The fraction of sp³-hybridized carbons (Fsp3) is 0.192. The second kappa shape index (κ2) is 7.93. The topological polar surface area (TPSA) is 67.5 Å². The summed E-state index contributed by atoms with van der Waals surface area (Å²) in [6, 6.07) is 19.2. The van der Waals surface area contributed by atoms with E-state index >= 15 is 0 Å². The van der Waals surface area contributed by atoms with E-state index in [4.69, 9.17) is 4.99 Å². The number of nitro benzene ring substituents is 1. The summed E-state index contributed by atoms with van der Waals surface area (Å²) in [4.78, 5) is 18.0. The third-order valence-electron chi connectivity index (χ3n) is 6.02. The van der Waals surface area contributed by atoms with E-state index in [9.17, 15) is 10.1 Å². The number of para-hydroxylation sites is 1.